The van der Waals surface area contributed by atoms with Gasteiger partial charge in [0.25, 0.3) is 5.69 Å². The van der Waals surface area contributed by atoms with Crippen molar-refractivity contribution in [3.8, 4) is 0 Å². The standard InChI is InChI=1S/C17H20N2O2/c1-12-4-6-15(7-5-12)13(2)18-14(3)16-8-10-17(11-9-16)19(20)21/h4-11,13-14,18H,1-3H3/t13-,14?/m0/s1. The van der Waals surface area contributed by atoms with Crippen LogP contribution in [0.15, 0.2) is 48.5 Å². The van der Waals surface area contributed by atoms with Crippen molar-refractivity contribution in [3.05, 3.63) is 75.3 Å². The lowest BCUT2D eigenvalue weighted by Crippen LogP contribution is -2.22. The minimum atomic E-state index is -0.378. The Kier molecular flexibility index (Phi) is 4.70. The molecule has 4 nitrogen and oxygen atoms in total. The van der Waals surface area contributed by atoms with Crippen LogP contribution in [-0.4, -0.2) is 4.92 Å². The van der Waals surface area contributed by atoms with Crippen LogP contribution < -0.4 is 5.32 Å². The first-order valence-corrected chi connectivity index (χ1v) is 7.04. The van der Waals surface area contributed by atoms with Gasteiger partial charge in [-0.3, -0.25) is 10.1 Å². The number of hydrogen-bond donors (Lipinski definition) is 1. The van der Waals surface area contributed by atoms with E-state index in [0.717, 1.165) is 5.56 Å². The molecule has 0 radical (unpaired) electrons. The van der Waals surface area contributed by atoms with Crippen LogP contribution in [0.3, 0.4) is 0 Å². The molecule has 2 atom stereocenters. The largest absolute Gasteiger partial charge is 0.304 e. The Morgan fingerprint density at radius 3 is 1.76 bits per heavy atom. The fourth-order valence-corrected chi connectivity index (χ4v) is 2.31. The number of hydrogen-bond acceptors (Lipinski definition) is 3. The molecule has 0 aromatic heterocycles. The normalized spacial score (nSPS) is 13.7. The van der Waals surface area contributed by atoms with Crippen LogP contribution in [0.4, 0.5) is 5.69 Å². The van der Waals surface area contributed by atoms with Crippen LogP contribution in [-0.2, 0) is 0 Å². The van der Waals surface area contributed by atoms with Crippen molar-refractivity contribution < 1.29 is 4.92 Å². The average molecular weight is 284 g/mol. The molecule has 0 saturated heterocycles. The van der Waals surface area contributed by atoms with E-state index in [1.165, 1.54) is 11.1 Å². The number of aryl methyl sites for hydroxylation is 1. The smallest absolute Gasteiger partial charge is 0.269 e. The van der Waals surface area contributed by atoms with E-state index in [-0.39, 0.29) is 22.7 Å². The maximum absolute atomic E-state index is 10.7. The summed E-state index contributed by atoms with van der Waals surface area (Å²) < 4.78 is 0. The fourth-order valence-electron chi connectivity index (χ4n) is 2.31. The maximum atomic E-state index is 10.7. The number of nitrogens with zero attached hydrogens (tertiary/aromatic N) is 1. The van der Waals surface area contributed by atoms with Crippen molar-refractivity contribution in [2.75, 3.05) is 0 Å². The van der Waals surface area contributed by atoms with Gasteiger partial charge in [-0.1, -0.05) is 42.0 Å². The van der Waals surface area contributed by atoms with Gasteiger partial charge in [0.15, 0.2) is 0 Å². The summed E-state index contributed by atoms with van der Waals surface area (Å²) in [5.41, 5.74) is 3.64. The molecule has 0 aliphatic heterocycles. The molecule has 1 N–H and O–H groups in total. The molecule has 2 rings (SSSR count). The van der Waals surface area contributed by atoms with Gasteiger partial charge in [-0.15, -0.1) is 0 Å². The van der Waals surface area contributed by atoms with Gasteiger partial charge in [-0.25, -0.2) is 0 Å². The van der Waals surface area contributed by atoms with Gasteiger partial charge in [-0.05, 0) is 31.9 Å². The molecule has 0 aliphatic rings. The van der Waals surface area contributed by atoms with E-state index in [4.69, 9.17) is 0 Å². The Morgan fingerprint density at radius 1 is 0.905 bits per heavy atom. The van der Waals surface area contributed by atoms with Crippen molar-refractivity contribution in [1.29, 1.82) is 0 Å². The molecule has 1 unspecified atom stereocenters. The molecular formula is C17H20N2O2. The van der Waals surface area contributed by atoms with Crippen LogP contribution in [0.25, 0.3) is 0 Å². The Bertz CT molecular complexity index is 606. The highest BCUT2D eigenvalue weighted by Crippen LogP contribution is 2.21. The first-order valence-electron chi connectivity index (χ1n) is 7.04. The van der Waals surface area contributed by atoms with Crippen LogP contribution in [0.1, 0.15) is 42.6 Å². The summed E-state index contributed by atoms with van der Waals surface area (Å²) in [6, 6.07) is 15.5. The summed E-state index contributed by atoms with van der Waals surface area (Å²) >= 11 is 0. The van der Waals surface area contributed by atoms with Crippen molar-refractivity contribution in [2.45, 2.75) is 32.9 Å². The summed E-state index contributed by atoms with van der Waals surface area (Å²) in [6.07, 6.45) is 0. The molecule has 21 heavy (non-hydrogen) atoms. The average Bonchev–Trinajstić information content (AvgIpc) is 2.47. The molecular weight excluding hydrogens is 264 g/mol. The maximum Gasteiger partial charge on any atom is 0.269 e. The van der Waals surface area contributed by atoms with E-state index in [2.05, 4.69) is 50.4 Å². The summed E-state index contributed by atoms with van der Waals surface area (Å²) in [4.78, 5) is 10.3. The highest BCUT2D eigenvalue weighted by Gasteiger charge is 2.12. The second kappa shape index (κ2) is 6.50. The summed E-state index contributed by atoms with van der Waals surface area (Å²) in [6.45, 7) is 6.25. The third-order valence-electron chi connectivity index (χ3n) is 3.68. The monoisotopic (exact) mass is 284 g/mol. The minimum absolute atomic E-state index is 0.123. The zero-order valence-electron chi connectivity index (χ0n) is 12.5. The van der Waals surface area contributed by atoms with Gasteiger partial charge >= 0.3 is 0 Å². The van der Waals surface area contributed by atoms with Crippen molar-refractivity contribution in [3.63, 3.8) is 0 Å². The lowest BCUT2D eigenvalue weighted by Gasteiger charge is -2.21. The Labute approximate surface area is 125 Å². The van der Waals surface area contributed by atoms with Crippen LogP contribution in [0.2, 0.25) is 0 Å². The van der Waals surface area contributed by atoms with Gasteiger partial charge < -0.3 is 5.32 Å². The molecule has 0 aliphatic carbocycles. The van der Waals surface area contributed by atoms with Gasteiger partial charge in [0.05, 0.1) is 4.92 Å². The first-order chi connectivity index (χ1) is 9.97. The number of benzene rings is 2. The van der Waals surface area contributed by atoms with Gasteiger partial charge in [-0.2, -0.15) is 0 Å². The third kappa shape index (κ3) is 3.89. The number of nitro benzene ring substituents is 1. The summed E-state index contributed by atoms with van der Waals surface area (Å²) in [5, 5.41) is 14.2. The molecule has 2 aromatic carbocycles. The zero-order valence-corrected chi connectivity index (χ0v) is 12.5. The molecule has 2 aromatic rings. The van der Waals surface area contributed by atoms with E-state index in [0.29, 0.717) is 0 Å². The SMILES string of the molecule is Cc1ccc([C@H](C)NC(C)c2ccc([N+](=O)[O-])cc2)cc1. The van der Waals surface area contributed by atoms with Crippen molar-refractivity contribution >= 4 is 5.69 Å². The predicted molar refractivity (Wildman–Crippen MR) is 84.2 cm³/mol. The Balaban J connectivity index is 2.04. The molecule has 0 bridgehead atoms. The lowest BCUT2D eigenvalue weighted by atomic mass is 10.0. The first kappa shape index (κ1) is 15.2. The highest BCUT2D eigenvalue weighted by atomic mass is 16.6. The van der Waals surface area contributed by atoms with E-state index in [1.54, 1.807) is 24.3 Å². The molecule has 0 saturated carbocycles. The number of nitro groups is 1. The minimum Gasteiger partial charge on any atom is -0.304 e. The van der Waals surface area contributed by atoms with E-state index >= 15 is 0 Å². The van der Waals surface area contributed by atoms with Crippen LogP contribution in [0.5, 0.6) is 0 Å². The van der Waals surface area contributed by atoms with Gasteiger partial charge in [0.1, 0.15) is 0 Å². The second-order valence-corrected chi connectivity index (χ2v) is 5.37. The molecule has 0 spiro atoms. The third-order valence-corrected chi connectivity index (χ3v) is 3.68. The highest BCUT2D eigenvalue weighted by molar-refractivity contribution is 5.34. The zero-order chi connectivity index (χ0) is 15.4. The van der Waals surface area contributed by atoms with Gasteiger partial charge in [0, 0.05) is 24.2 Å². The predicted octanol–water partition coefficient (Wildman–Crippen LogP) is 4.32. The van der Waals surface area contributed by atoms with Crippen LogP contribution >= 0.6 is 0 Å². The number of non-ortho nitro benzene ring substituents is 1. The van der Waals surface area contributed by atoms with E-state index in [1.807, 2.05) is 0 Å². The Morgan fingerprint density at radius 2 is 1.33 bits per heavy atom. The van der Waals surface area contributed by atoms with Crippen LogP contribution in [0, 0.1) is 17.0 Å². The Hall–Kier alpha value is -2.20. The lowest BCUT2D eigenvalue weighted by molar-refractivity contribution is -0.384. The fraction of sp³-hybridized carbons (Fsp3) is 0.294. The number of nitrogens with one attached hydrogen (secondary N) is 1. The molecule has 0 heterocycles. The summed E-state index contributed by atoms with van der Waals surface area (Å²) in [7, 11) is 0. The second-order valence-electron chi connectivity index (χ2n) is 5.37. The van der Waals surface area contributed by atoms with E-state index in [9.17, 15) is 10.1 Å². The number of rotatable bonds is 5. The quantitative estimate of drug-likeness (QED) is 0.657. The molecule has 0 fully saturated rings. The van der Waals surface area contributed by atoms with E-state index < -0.39 is 0 Å². The van der Waals surface area contributed by atoms with Crippen molar-refractivity contribution in [1.82, 2.24) is 5.32 Å². The topological polar surface area (TPSA) is 55.2 Å². The van der Waals surface area contributed by atoms with Crippen molar-refractivity contribution in [2.24, 2.45) is 0 Å². The molecule has 110 valence electrons. The molecule has 0 amide bonds. The molecule has 4 heteroatoms. The van der Waals surface area contributed by atoms with Gasteiger partial charge in [0.2, 0.25) is 0 Å². The summed E-state index contributed by atoms with van der Waals surface area (Å²) in [5.74, 6) is 0.